The first-order valence-electron chi connectivity index (χ1n) is 6.25. The molecule has 19 heavy (non-hydrogen) atoms. The molecule has 1 N–H and O–H groups in total. The van der Waals surface area contributed by atoms with Crippen molar-refractivity contribution in [3.63, 3.8) is 0 Å². The zero-order valence-corrected chi connectivity index (χ0v) is 13.4. The highest BCUT2D eigenvalue weighted by Gasteiger charge is 2.15. The van der Waals surface area contributed by atoms with Gasteiger partial charge in [-0.15, -0.1) is 0 Å². The van der Waals surface area contributed by atoms with Crippen LogP contribution in [0, 0.1) is 0 Å². The van der Waals surface area contributed by atoms with Crippen LogP contribution in [-0.4, -0.2) is 16.1 Å². The van der Waals surface area contributed by atoms with Crippen LogP contribution in [0.5, 0.6) is 0 Å². The van der Waals surface area contributed by atoms with Gasteiger partial charge in [0, 0.05) is 22.7 Å². The molecule has 2 aromatic rings. The number of hydrogen-bond donors (Lipinski definition) is 1. The van der Waals surface area contributed by atoms with E-state index in [4.69, 9.17) is 11.6 Å². The molecular weight excluding hydrogens is 326 g/mol. The maximum atomic E-state index is 6.28. The molecule has 0 amide bonds. The number of benzene rings is 1. The number of nitrogens with zero attached hydrogens (tertiary/aromatic N) is 2. The van der Waals surface area contributed by atoms with Gasteiger partial charge in [0.1, 0.15) is 0 Å². The molecule has 0 saturated heterocycles. The van der Waals surface area contributed by atoms with Crippen molar-refractivity contribution < 1.29 is 0 Å². The summed E-state index contributed by atoms with van der Waals surface area (Å²) in [5.74, 6) is 0. The summed E-state index contributed by atoms with van der Waals surface area (Å²) < 4.78 is 2.96. The number of nitrogens with one attached hydrogen (secondary N) is 1. The molecule has 0 saturated carbocycles. The lowest BCUT2D eigenvalue weighted by atomic mass is 10.0. The average molecular weight is 343 g/mol. The Bertz CT molecular complexity index is 553. The average Bonchev–Trinajstić information content (AvgIpc) is 2.78. The van der Waals surface area contributed by atoms with Crippen LogP contribution in [0.25, 0.3) is 0 Å². The highest BCUT2D eigenvalue weighted by atomic mass is 79.9. The van der Waals surface area contributed by atoms with Crippen molar-refractivity contribution in [2.45, 2.75) is 19.4 Å². The molecule has 1 atom stereocenters. The largest absolute Gasteiger partial charge is 0.340 e. The van der Waals surface area contributed by atoms with Crippen molar-refractivity contribution in [1.82, 2.24) is 14.9 Å². The van der Waals surface area contributed by atoms with Crippen LogP contribution >= 0.6 is 27.5 Å². The van der Waals surface area contributed by atoms with Gasteiger partial charge in [-0.3, -0.25) is 0 Å². The first-order chi connectivity index (χ1) is 9.10. The highest BCUT2D eigenvalue weighted by Crippen LogP contribution is 2.25. The number of rotatable bonds is 5. The van der Waals surface area contributed by atoms with Crippen LogP contribution in [0.3, 0.4) is 0 Å². The molecule has 1 aromatic heterocycles. The maximum Gasteiger partial charge on any atom is 0.0947 e. The minimum atomic E-state index is 0.185. The Morgan fingerprint density at radius 1 is 1.47 bits per heavy atom. The summed E-state index contributed by atoms with van der Waals surface area (Å²) >= 11 is 9.71. The lowest BCUT2D eigenvalue weighted by Gasteiger charge is -2.16. The third kappa shape index (κ3) is 3.81. The van der Waals surface area contributed by atoms with Gasteiger partial charge >= 0.3 is 0 Å². The Morgan fingerprint density at radius 3 is 2.84 bits per heavy atom. The quantitative estimate of drug-likeness (QED) is 0.897. The minimum absolute atomic E-state index is 0.185. The Kier molecular flexibility index (Phi) is 5.02. The Morgan fingerprint density at radius 2 is 2.26 bits per heavy atom. The number of aromatic nitrogens is 2. The Labute approximate surface area is 127 Å². The molecule has 5 heteroatoms. The Hall–Kier alpha value is -0.840. The normalized spacial score (nSPS) is 12.6. The standard InChI is InChI=1S/C14H17BrClN3/c1-3-17-13(14-8-19(2)9-18-14)6-10-4-5-11(15)7-12(10)16/h4-5,7-9,13,17H,3,6H2,1-2H3. The monoisotopic (exact) mass is 341 g/mol. The van der Waals surface area contributed by atoms with E-state index in [0.717, 1.165) is 33.7 Å². The molecule has 0 aliphatic carbocycles. The molecule has 2 rings (SSSR count). The molecule has 0 radical (unpaired) electrons. The van der Waals surface area contributed by atoms with Crippen molar-refractivity contribution in [3.05, 3.63) is 51.5 Å². The molecule has 0 fully saturated rings. The molecule has 0 bridgehead atoms. The first-order valence-corrected chi connectivity index (χ1v) is 7.42. The van der Waals surface area contributed by atoms with Crippen molar-refractivity contribution in [1.29, 1.82) is 0 Å². The van der Waals surface area contributed by atoms with Gasteiger partial charge in [-0.1, -0.05) is 40.5 Å². The van der Waals surface area contributed by atoms with E-state index < -0.39 is 0 Å². The Balaban J connectivity index is 2.21. The third-order valence-corrected chi connectivity index (χ3v) is 3.82. The molecule has 3 nitrogen and oxygen atoms in total. The second-order valence-corrected chi connectivity index (χ2v) is 5.84. The van der Waals surface area contributed by atoms with E-state index in [-0.39, 0.29) is 6.04 Å². The summed E-state index contributed by atoms with van der Waals surface area (Å²) in [4.78, 5) is 4.43. The maximum absolute atomic E-state index is 6.28. The van der Waals surface area contributed by atoms with Gasteiger partial charge in [0.2, 0.25) is 0 Å². The predicted molar refractivity (Wildman–Crippen MR) is 82.5 cm³/mol. The van der Waals surface area contributed by atoms with E-state index in [1.807, 2.05) is 36.3 Å². The van der Waals surface area contributed by atoms with Gasteiger partial charge in [-0.25, -0.2) is 4.98 Å². The van der Waals surface area contributed by atoms with Crippen molar-refractivity contribution in [2.75, 3.05) is 6.54 Å². The SMILES string of the molecule is CCNC(Cc1ccc(Br)cc1Cl)c1cn(C)cn1. The van der Waals surface area contributed by atoms with Crippen LogP contribution in [0.4, 0.5) is 0 Å². The van der Waals surface area contributed by atoms with Crippen LogP contribution in [0.1, 0.15) is 24.2 Å². The van der Waals surface area contributed by atoms with E-state index in [2.05, 4.69) is 39.2 Å². The van der Waals surface area contributed by atoms with Crippen LogP contribution in [-0.2, 0) is 13.5 Å². The fourth-order valence-corrected chi connectivity index (χ4v) is 2.80. The lowest BCUT2D eigenvalue weighted by molar-refractivity contribution is 0.538. The summed E-state index contributed by atoms with van der Waals surface area (Å²) in [6.45, 7) is 2.99. The van der Waals surface area contributed by atoms with Gasteiger partial charge in [0.15, 0.2) is 0 Å². The second kappa shape index (κ2) is 6.55. The molecule has 1 heterocycles. The topological polar surface area (TPSA) is 29.9 Å². The third-order valence-electron chi connectivity index (χ3n) is 2.97. The van der Waals surface area contributed by atoms with Gasteiger partial charge in [0.05, 0.1) is 18.1 Å². The number of likely N-dealkylation sites (N-methyl/N-ethyl adjacent to an activating group) is 1. The summed E-state index contributed by atoms with van der Waals surface area (Å²) in [5.41, 5.74) is 2.17. The molecule has 0 spiro atoms. The number of hydrogen-bond acceptors (Lipinski definition) is 2. The second-order valence-electron chi connectivity index (χ2n) is 4.51. The van der Waals surface area contributed by atoms with E-state index in [0.29, 0.717) is 0 Å². The van der Waals surface area contributed by atoms with Crippen molar-refractivity contribution in [2.24, 2.45) is 7.05 Å². The van der Waals surface area contributed by atoms with Crippen molar-refractivity contribution in [3.8, 4) is 0 Å². The summed E-state index contributed by atoms with van der Waals surface area (Å²) in [7, 11) is 1.98. The van der Waals surface area contributed by atoms with Gasteiger partial charge in [-0.2, -0.15) is 0 Å². The molecule has 0 aliphatic rings. The first kappa shape index (κ1) is 14.6. The molecule has 0 aliphatic heterocycles. The molecular formula is C14H17BrClN3. The zero-order chi connectivity index (χ0) is 13.8. The van der Waals surface area contributed by atoms with E-state index in [1.165, 1.54) is 0 Å². The smallest absolute Gasteiger partial charge is 0.0947 e. The fourth-order valence-electron chi connectivity index (χ4n) is 2.05. The van der Waals surface area contributed by atoms with Gasteiger partial charge < -0.3 is 9.88 Å². The predicted octanol–water partition coefficient (Wildman–Crippen LogP) is 3.73. The van der Waals surface area contributed by atoms with Crippen LogP contribution < -0.4 is 5.32 Å². The lowest BCUT2D eigenvalue weighted by Crippen LogP contribution is -2.23. The van der Waals surface area contributed by atoms with Gasteiger partial charge in [-0.05, 0) is 30.7 Å². The molecule has 102 valence electrons. The van der Waals surface area contributed by atoms with Crippen molar-refractivity contribution >= 4 is 27.5 Å². The summed E-state index contributed by atoms with van der Waals surface area (Å²) in [6.07, 6.45) is 4.69. The van der Waals surface area contributed by atoms with Crippen LogP contribution in [0.2, 0.25) is 5.02 Å². The summed E-state index contributed by atoms with van der Waals surface area (Å²) in [5, 5.41) is 4.24. The molecule has 1 aromatic carbocycles. The van der Waals surface area contributed by atoms with Gasteiger partial charge in [0.25, 0.3) is 0 Å². The molecule has 1 unspecified atom stereocenters. The minimum Gasteiger partial charge on any atom is -0.340 e. The van der Waals surface area contributed by atoms with E-state index in [1.54, 1.807) is 0 Å². The zero-order valence-electron chi connectivity index (χ0n) is 11.0. The van der Waals surface area contributed by atoms with Crippen LogP contribution in [0.15, 0.2) is 35.2 Å². The summed E-state index contributed by atoms with van der Waals surface area (Å²) in [6, 6.07) is 6.19. The number of halogens is 2. The highest BCUT2D eigenvalue weighted by molar-refractivity contribution is 9.10. The van der Waals surface area contributed by atoms with E-state index in [9.17, 15) is 0 Å². The fraction of sp³-hybridized carbons (Fsp3) is 0.357. The van der Waals surface area contributed by atoms with E-state index >= 15 is 0 Å². The number of imidazole rings is 1. The number of aryl methyl sites for hydroxylation is 1.